The molecule has 158 valence electrons. The van der Waals surface area contributed by atoms with Gasteiger partial charge in [0, 0.05) is 17.5 Å². The van der Waals surface area contributed by atoms with E-state index < -0.39 is 0 Å². The van der Waals surface area contributed by atoms with Gasteiger partial charge in [0.1, 0.15) is 16.6 Å². The Kier molecular flexibility index (Phi) is 5.86. The number of nitrogens with zero attached hydrogens (tertiary/aromatic N) is 2. The molecule has 1 aromatic heterocycles. The lowest BCUT2D eigenvalue weighted by molar-refractivity contribution is 0.0526. The van der Waals surface area contributed by atoms with Gasteiger partial charge in [-0.3, -0.25) is 5.41 Å². The molecule has 2 N–H and O–H groups in total. The maximum atomic E-state index is 11.8. The van der Waals surface area contributed by atoms with Crippen LogP contribution in [0.4, 0.5) is 0 Å². The number of benzene rings is 2. The standard InChI is InChI=1S/C24H23N3O3S/c1-3-30-24(29)18-10-6-16(7-11-18)12-27-13-20(28)21(22(27)25)23-26-19(14-31-23)17-8-4-15(2)5-9-17/h4-11,14,25,28H,3,12-13H2,1-2H3. The number of carbonyl (C=O) groups is 1. The highest BCUT2D eigenvalue weighted by Crippen LogP contribution is 2.33. The minimum atomic E-state index is -0.349. The molecule has 6 nitrogen and oxygen atoms in total. The number of ether oxygens (including phenoxy) is 1. The summed E-state index contributed by atoms with van der Waals surface area (Å²) in [6.07, 6.45) is 0. The first-order chi connectivity index (χ1) is 15.0. The van der Waals surface area contributed by atoms with Gasteiger partial charge in [0.25, 0.3) is 0 Å². The highest BCUT2D eigenvalue weighted by atomic mass is 32.1. The Morgan fingerprint density at radius 1 is 1.19 bits per heavy atom. The minimum absolute atomic E-state index is 0.151. The fraction of sp³-hybridized carbons (Fsp3) is 0.208. The van der Waals surface area contributed by atoms with E-state index in [1.807, 2.05) is 48.7 Å². The van der Waals surface area contributed by atoms with Gasteiger partial charge in [0.2, 0.25) is 0 Å². The van der Waals surface area contributed by atoms with Crippen molar-refractivity contribution >= 4 is 28.7 Å². The van der Waals surface area contributed by atoms with Crippen LogP contribution in [-0.4, -0.2) is 39.9 Å². The number of esters is 1. The second-order valence-corrected chi connectivity index (χ2v) is 8.21. The second-order valence-electron chi connectivity index (χ2n) is 7.35. The van der Waals surface area contributed by atoms with Gasteiger partial charge in [-0.1, -0.05) is 42.0 Å². The summed E-state index contributed by atoms with van der Waals surface area (Å²) in [6.45, 7) is 4.85. The molecule has 2 heterocycles. The maximum Gasteiger partial charge on any atom is 0.338 e. The van der Waals surface area contributed by atoms with Crippen LogP contribution < -0.4 is 0 Å². The van der Waals surface area contributed by atoms with Gasteiger partial charge in [-0.05, 0) is 31.5 Å². The summed E-state index contributed by atoms with van der Waals surface area (Å²) in [5, 5.41) is 21.7. The van der Waals surface area contributed by atoms with E-state index in [1.54, 1.807) is 24.0 Å². The molecule has 1 aliphatic rings. The van der Waals surface area contributed by atoms with E-state index in [1.165, 1.54) is 16.9 Å². The van der Waals surface area contributed by atoms with Crippen molar-refractivity contribution in [2.24, 2.45) is 0 Å². The smallest absolute Gasteiger partial charge is 0.338 e. The number of nitrogens with one attached hydrogen (secondary N) is 1. The molecule has 0 spiro atoms. The molecule has 0 fully saturated rings. The monoisotopic (exact) mass is 433 g/mol. The minimum Gasteiger partial charge on any atom is -0.510 e. The number of aromatic nitrogens is 1. The molecule has 31 heavy (non-hydrogen) atoms. The molecule has 0 radical (unpaired) electrons. The highest BCUT2D eigenvalue weighted by Gasteiger charge is 2.30. The molecule has 1 aliphatic heterocycles. The van der Waals surface area contributed by atoms with E-state index in [0.717, 1.165) is 16.8 Å². The van der Waals surface area contributed by atoms with Crippen LogP contribution in [0.5, 0.6) is 0 Å². The van der Waals surface area contributed by atoms with Gasteiger partial charge < -0.3 is 14.7 Å². The largest absolute Gasteiger partial charge is 0.510 e. The molecule has 0 bridgehead atoms. The number of aryl methyl sites for hydroxylation is 1. The number of thiazole rings is 1. The van der Waals surface area contributed by atoms with Crippen LogP contribution in [0, 0.1) is 12.3 Å². The molecule has 0 atom stereocenters. The van der Waals surface area contributed by atoms with Crippen LogP contribution in [0.25, 0.3) is 16.8 Å². The van der Waals surface area contributed by atoms with Gasteiger partial charge in [-0.2, -0.15) is 0 Å². The van der Waals surface area contributed by atoms with Gasteiger partial charge in [0.15, 0.2) is 0 Å². The Bertz CT molecular complexity index is 1150. The van der Waals surface area contributed by atoms with Gasteiger partial charge >= 0.3 is 5.97 Å². The lowest BCUT2D eigenvalue weighted by atomic mass is 10.1. The third-order valence-electron chi connectivity index (χ3n) is 5.09. The van der Waals surface area contributed by atoms with Crippen LogP contribution in [0.2, 0.25) is 0 Å². The van der Waals surface area contributed by atoms with E-state index >= 15 is 0 Å². The number of rotatable bonds is 6. The maximum absolute atomic E-state index is 11.8. The zero-order valence-corrected chi connectivity index (χ0v) is 18.2. The molecule has 0 saturated heterocycles. The molecule has 0 amide bonds. The predicted molar refractivity (Wildman–Crippen MR) is 122 cm³/mol. The van der Waals surface area contributed by atoms with Crippen LogP contribution in [0.3, 0.4) is 0 Å². The first-order valence-corrected chi connectivity index (χ1v) is 10.9. The third kappa shape index (κ3) is 4.36. The fourth-order valence-electron chi connectivity index (χ4n) is 3.42. The molecular weight excluding hydrogens is 410 g/mol. The molecule has 2 aromatic carbocycles. The molecular formula is C24H23N3O3S. The van der Waals surface area contributed by atoms with Crippen molar-refractivity contribution in [1.29, 1.82) is 5.41 Å². The van der Waals surface area contributed by atoms with Crippen molar-refractivity contribution in [3.8, 4) is 11.3 Å². The molecule has 3 aromatic rings. The summed E-state index contributed by atoms with van der Waals surface area (Å²) in [7, 11) is 0. The van der Waals surface area contributed by atoms with Crippen LogP contribution >= 0.6 is 11.3 Å². The molecule has 0 saturated carbocycles. The summed E-state index contributed by atoms with van der Waals surface area (Å²) in [5.74, 6) is 0.0486. The summed E-state index contributed by atoms with van der Waals surface area (Å²) in [4.78, 5) is 18.3. The average molecular weight is 434 g/mol. The van der Waals surface area contributed by atoms with Crippen molar-refractivity contribution in [3.63, 3.8) is 0 Å². The molecule has 0 aliphatic carbocycles. The summed E-state index contributed by atoms with van der Waals surface area (Å²) < 4.78 is 5.01. The average Bonchev–Trinajstić information content (AvgIpc) is 3.34. The topological polar surface area (TPSA) is 86.5 Å². The van der Waals surface area contributed by atoms with E-state index in [0.29, 0.717) is 29.3 Å². The van der Waals surface area contributed by atoms with Crippen molar-refractivity contribution in [3.05, 3.63) is 81.4 Å². The number of aliphatic hydroxyl groups is 1. The first kappa shape index (κ1) is 20.8. The summed E-state index contributed by atoms with van der Waals surface area (Å²) in [6, 6.07) is 15.2. The van der Waals surface area contributed by atoms with Gasteiger partial charge in [-0.25, -0.2) is 9.78 Å². The van der Waals surface area contributed by atoms with Crippen molar-refractivity contribution in [1.82, 2.24) is 9.88 Å². The molecule has 0 unspecified atom stereocenters. The lowest BCUT2D eigenvalue weighted by Gasteiger charge is -2.18. The zero-order chi connectivity index (χ0) is 22.0. The Hall–Kier alpha value is -3.45. The number of amidine groups is 1. The lowest BCUT2D eigenvalue weighted by Crippen LogP contribution is -2.26. The van der Waals surface area contributed by atoms with E-state index in [-0.39, 0.29) is 24.1 Å². The summed E-state index contributed by atoms with van der Waals surface area (Å²) in [5.41, 5.74) is 4.94. The third-order valence-corrected chi connectivity index (χ3v) is 5.95. The second kappa shape index (κ2) is 8.73. The van der Waals surface area contributed by atoms with Crippen molar-refractivity contribution < 1.29 is 14.6 Å². The summed E-state index contributed by atoms with van der Waals surface area (Å²) >= 11 is 1.42. The number of hydrogen-bond donors (Lipinski definition) is 2. The van der Waals surface area contributed by atoms with Crippen molar-refractivity contribution in [2.45, 2.75) is 20.4 Å². The molecule has 4 rings (SSSR count). The predicted octanol–water partition coefficient (Wildman–Crippen LogP) is 5.06. The van der Waals surface area contributed by atoms with Gasteiger partial charge in [-0.15, -0.1) is 11.3 Å². The van der Waals surface area contributed by atoms with Crippen molar-refractivity contribution in [2.75, 3.05) is 13.2 Å². The van der Waals surface area contributed by atoms with Crippen LogP contribution in [-0.2, 0) is 11.3 Å². The molecule has 7 heteroatoms. The van der Waals surface area contributed by atoms with Crippen LogP contribution in [0.15, 0.2) is 59.7 Å². The Morgan fingerprint density at radius 3 is 2.58 bits per heavy atom. The Balaban J connectivity index is 1.47. The SMILES string of the molecule is CCOC(=O)c1ccc(CN2CC(O)=C(c3nc(-c4ccc(C)cc4)cs3)C2=N)cc1. The number of aliphatic hydroxyl groups excluding tert-OH is 1. The van der Waals surface area contributed by atoms with Crippen LogP contribution in [0.1, 0.15) is 33.4 Å². The highest BCUT2D eigenvalue weighted by molar-refractivity contribution is 7.11. The van der Waals surface area contributed by atoms with Gasteiger partial charge in [0.05, 0.1) is 30.0 Å². The first-order valence-electron chi connectivity index (χ1n) is 10.0. The normalized spacial score (nSPS) is 13.7. The van der Waals surface area contributed by atoms with E-state index in [2.05, 4.69) is 4.98 Å². The quantitative estimate of drug-likeness (QED) is 0.531. The van der Waals surface area contributed by atoms with E-state index in [4.69, 9.17) is 10.1 Å². The fourth-order valence-corrected chi connectivity index (χ4v) is 4.32. The Morgan fingerprint density at radius 2 is 1.90 bits per heavy atom. The van der Waals surface area contributed by atoms with E-state index in [9.17, 15) is 9.90 Å². The number of hydrogen-bond acceptors (Lipinski definition) is 6. The number of carbonyl (C=O) groups excluding carboxylic acids is 1. The Labute approximate surface area is 185 Å². The zero-order valence-electron chi connectivity index (χ0n) is 17.4.